The molecule has 130 valence electrons. The number of aromatic nitrogens is 2. The summed E-state index contributed by atoms with van der Waals surface area (Å²) in [5.74, 6) is 0.0268. The average Bonchev–Trinajstić information content (AvgIpc) is 3.25. The zero-order chi connectivity index (χ0) is 18.1. The number of amides is 1. The number of nitrogens with zero attached hydrogens (tertiary/aromatic N) is 3. The van der Waals surface area contributed by atoms with Gasteiger partial charge in [0.15, 0.2) is 0 Å². The second-order valence-corrected chi connectivity index (χ2v) is 7.08. The molecule has 0 fully saturated rings. The van der Waals surface area contributed by atoms with Crippen LogP contribution >= 0.6 is 11.3 Å². The van der Waals surface area contributed by atoms with Crippen molar-refractivity contribution in [3.63, 3.8) is 0 Å². The molecule has 0 bridgehead atoms. The van der Waals surface area contributed by atoms with Gasteiger partial charge in [-0.05, 0) is 44.2 Å². The van der Waals surface area contributed by atoms with Crippen molar-refractivity contribution in [2.45, 2.75) is 13.8 Å². The zero-order valence-electron chi connectivity index (χ0n) is 14.7. The summed E-state index contributed by atoms with van der Waals surface area (Å²) in [6, 6.07) is 21.8. The maximum atomic E-state index is 13.1. The van der Waals surface area contributed by atoms with Crippen molar-refractivity contribution in [3.05, 3.63) is 77.3 Å². The minimum Gasteiger partial charge on any atom is -0.308 e. The predicted octanol–water partition coefficient (Wildman–Crippen LogP) is 5.06. The van der Waals surface area contributed by atoms with Crippen LogP contribution in [0.4, 0.5) is 5.69 Å². The Balaban J connectivity index is 1.77. The molecule has 5 heteroatoms. The number of thiophene rings is 1. The number of rotatable bonds is 4. The van der Waals surface area contributed by atoms with E-state index in [0.29, 0.717) is 6.54 Å². The Kier molecular flexibility index (Phi) is 4.31. The molecule has 2 heterocycles. The summed E-state index contributed by atoms with van der Waals surface area (Å²) in [5.41, 5.74) is 2.85. The number of anilines is 1. The second kappa shape index (κ2) is 6.77. The van der Waals surface area contributed by atoms with Gasteiger partial charge in [0.25, 0.3) is 5.91 Å². The lowest BCUT2D eigenvalue weighted by Crippen LogP contribution is -2.29. The molecule has 0 aliphatic heterocycles. The van der Waals surface area contributed by atoms with Gasteiger partial charge in [-0.3, -0.25) is 4.79 Å². The van der Waals surface area contributed by atoms with E-state index in [-0.39, 0.29) is 5.91 Å². The van der Waals surface area contributed by atoms with Gasteiger partial charge in [0.05, 0.1) is 16.3 Å². The van der Waals surface area contributed by atoms with E-state index in [1.165, 1.54) is 11.3 Å². The molecule has 1 amide bonds. The Morgan fingerprint density at radius 1 is 1.08 bits per heavy atom. The van der Waals surface area contributed by atoms with Crippen LogP contribution in [0.5, 0.6) is 0 Å². The summed E-state index contributed by atoms with van der Waals surface area (Å²) in [4.78, 5) is 16.6. The molecule has 0 unspecified atom stereocenters. The first-order valence-electron chi connectivity index (χ1n) is 8.60. The third-order valence-electron chi connectivity index (χ3n) is 4.39. The van der Waals surface area contributed by atoms with E-state index in [2.05, 4.69) is 5.10 Å². The van der Waals surface area contributed by atoms with E-state index in [4.69, 9.17) is 0 Å². The van der Waals surface area contributed by atoms with Gasteiger partial charge in [-0.2, -0.15) is 5.10 Å². The number of aryl methyl sites for hydroxylation is 1. The molecule has 2 aromatic carbocycles. The van der Waals surface area contributed by atoms with Crippen molar-refractivity contribution >= 4 is 33.1 Å². The van der Waals surface area contributed by atoms with Crippen molar-refractivity contribution in [3.8, 4) is 5.69 Å². The molecule has 0 radical (unpaired) electrons. The topological polar surface area (TPSA) is 38.1 Å². The Bertz CT molecular complexity index is 1050. The highest BCUT2D eigenvalue weighted by Crippen LogP contribution is 2.31. The summed E-state index contributed by atoms with van der Waals surface area (Å²) in [7, 11) is 0. The fourth-order valence-electron chi connectivity index (χ4n) is 3.08. The van der Waals surface area contributed by atoms with Gasteiger partial charge in [0.2, 0.25) is 0 Å². The molecule has 0 N–H and O–H groups in total. The Morgan fingerprint density at radius 2 is 1.73 bits per heavy atom. The second-order valence-electron chi connectivity index (χ2n) is 6.05. The van der Waals surface area contributed by atoms with Crippen LogP contribution in [0.25, 0.3) is 15.9 Å². The lowest BCUT2D eigenvalue weighted by molar-refractivity contribution is 0.0992. The van der Waals surface area contributed by atoms with Gasteiger partial charge in [0.1, 0.15) is 4.83 Å². The molecular weight excluding hydrogens is 342 g/mol. The molecule has 4 rings (SSSR count). The molecule has 2 aromatic heterocycles. The summed E-state index contributed by atoms with van der Waals surface area (Å²) in [6.45, 7) is 4.60. The number of benzene rings is 2. The van der Waals surface area contributed by atoms with Gasteiger partial charge in [-0.15, -0.1) is 11.3 Å². The smallest absolute Gasteiger partial charge is 0.268 e. The molecule has 26 heavy (non-hydrogen) atoms. The fourth-order valence-corrected chi connectivity index (χ4v) is 4.21. The average molecular weight is 361 g/mol. The SMILES string of the molecule is CCN(C(=O)c1cc2c(C)nn(-c3ccccc3)c2s1)c1ccccc1. The number of hydrogen-bond acceptors (Lipinski definition) is 3. The zero-order valence-corrected chi connectivity index (χ0v) is 15.5. The minimum absolute atomic E-state index is 0.0268. The normalized spacial score (nSPS) is 11.0. The molecular formula is C21H19N3OS. The minimum atomic E-state index is 0.0268. The standard InChI is InChI=1S/C21H19N3OS/c1-3-23(16-10-6-4-7-11-16)20(25)19-14-18-15(2)22-24(21(18)26-19)17-12-8-5-9-13-17/h4-14H,3H2,1-2H3. The van der Waals surface area contributed by atoms with Crippen LogP contribution in [0.1, 0.15) is 22.3 Å². The third-order valence-corrected chi connectivity index (χ3v) is 5.48. The monoisotopic (exact) mass is 361 g/mol. The van der Waals surface area contributed by atoms with E-state index >= 15 is 0 Å². The molecule has 0 aliphatic rings. The lowest BCUT2D eigenvalue weighted by atomic mass is 10.2. The van der Waals surface area contributed by atoms with Gasteiger partial charge in [-0.25, -0.2) is 4.68 Å². The first-order chi connectivity index (χ1) is 12.7. The Morgan fingerprint density at radius 3 is 2.38 bits per heavy atom. The van der Waals surface area contributed by atoms with Crippen molar-refractivity contribution in [2.75, 3.05) is 11.4 Å². The largest absolute Gasteiger partial charge is 0.308 e. The van der Waals surface area contributed by atoms with Crippen LogP contribution in [0, 0.1) is 6.92 Å². The maximum Gasteiger partial charge on any atom is 0.268 e. The van der Waals surface area contributed by atoms with E-state index in [9.17, 15) is 4.79 Å². The van der Waals surface area contributed by atoms with Gasteiger partial charge < -0.3 is 4.90 Å². The molecule has 4 nitrogen and oxygen atoms in total. The Labute approximate surface area is 156 Å². The highest BCUT2D eigenvalue weighted by atomic mass is 32.1. The molecule has 0 atom stereocenters. The molecule has 0 aliphatic carbocycles. The summed E-state index contributed by atoms with van der Waals surface area (Å²) >= 11 is 1.50. The van der Waals surface area contributed by atoms with E-state index in [0.717, 1.165) is 32.2 Å². The van der Waals surface area contributed by atoms with E-state index in [1.54, 1.807) is 4.90 Å². The van der Waals surface area contributed by atoms with Gasteiger partial charge in [-0.1, -0.05) is 36.4 Å². The van der Waals surface area contributed by atoms with Gasteiger partial charge in [0, 0.05) is 17.6 Å². The molecule has 4 aromatic rings. The van der Waals surface area contributed by atoms with Gasteiger partial charge >= 0.3 is 0 Å². The van der Waals surface area contributed by atoms with Crippen molar-refractivity contribution in [1.29, 1.82) is 0 Å². The summed E-state index contributed by atoms with van der Waals surface area (Å²) < 4.78 is 1.92. The Hall–Kier alpha value is -2.92. The highest BCUT2D eigenvalue weighted by molar-refractivity contribution is 7.20. The number of carbonyl (C=O) groups is 1. The maximum absolute atomic E-state index is 13.1. The number of fused-ring (bicyclic) bond motifs is 1. The number of carbonyl (C=O) groups excluding carboxylic acids is 1. The van der Waals surface area contributed by atoms with Crippen LogP contribution < -0.4 is 4.90 Å². The fraction of sp³-hybridized carbons (Fsp3) is 0.143. The van der Waals surface area contributed by atoms with Crippen LogP contribution in [0.2, 0.25) is 0 Å². The number of hydrogen-bond donors (Lipinski definition) is 0. The quantitative estimate of drug-likeness (QED) is 0.509. The summed E-state index contributed by atoms with van der Waals surface area (Å²) in [5, 5.41) is 5.68. The van der Waals surface area contributed by atoms with E-state index in [1.807, 2.05) is 85.3 Å². The molecule has 0 saturated heterocycles. The van der Waals surface area contributed by atoms with Crippen molar-refractivity contribution in [1.82, 2.24) is 9.78 Å². The highest BCUT2D eigenvalue weighted by Gasteiger charge is 2.21. The van der Waals surface area contributed by atoms with Crippen LogP contribution in [0.15, 0.2) is 66.7 Å². The third kappa shape index (κ3) is 2.80. The van der Waals surface area contributed by atoms with Crippen LogP contribution in [-0.2, 0) is 0 Å². The van der Waals surface area contributed by atoms with Crippen molar-refractivity contribution in [2.24, 2.45) is 0 Å². The first-order valence-corrected chi connectivity index (χ1v) is 9.42. The van der Waals surface area contributed by atoms with Crippen LogP contribution in [0.3, 0.4) is 0 Å². The predicted molar refractivity (Wildman–Crippen MR) is 107 cm³/mol. The van der Waals surface area contributed by atoms with Crippen LogP contribution in [-0.4, -0.2) is 22.2 Å². The molecule has 0 spiro atoms. The first kappa shape index (κ1) is 16.5. The lowest BCUT2D eigenvalue weighted by Gasteiger charge is -2.20. The van der Waals surface area contributed by atoms with Crippen molar-refractivity contribution < 1.29 is 4.79 Å². The summed E-state index contributed by atoms with van der Waals surface area (Å²) in [6.07, 6.45) is 0. The van der Waals surface area contributed by atoms with E-state index < -0.39 is 0 Å². The molecule has 0 saturated carbocycles. The number of para-hydroxylation sites is 2.